The van der Waals surface area contributed by atoms with Crippen LogP contribution in [0.25, 0.3) is 0 Å². The van der Waals surface area contributed by atoms with Gasteiger partial charge in [-0.3, -0.25) is 4.79 Å². The van der Waals surface area contributed by atoms with Gasteiger partial charge in [0.15, 0.2) is 6.10 Å². The van der Waals surface area contributed by atoms with Crippen molar-refractivity contribution in [3.63, 3.8) is 0 Å². The molecular formula is C35H47NO4. The van der Waals surface area contributed by atoms with Crippen LogP contribution in [0.4, 0.5) is 4.79 Å². The van der Waals surface area contributed by atoms with E-state index in [2.05, 4.69) is 74.3 Å². The molecule has 1 aromatic carbocycles. The Bertz CT molecular complexity index is 1020. The maximum atomic E-state index is 13.2. The van der Waals surface area contributed by atoms with Gasteiger partial charge in [0.05, 0.1) is 0 Å². The van der Waals surface area contributed by atoms with Crippen molar-refractivity contribution in [1.82, 2.24) is 4.90 Å². The first-order valence-electron chi connectivity index (χ1n) is 14.7. The fraction of sp³-hybridized carbons (Fsp3) is 0.429. The molecule has 0 spiro atoms. The Kier molecular flexibility index (Phi) is 16.8. The quantitative estimate of drug-likeness (QED) is 0.129. The average Bonchev–Trinajstić information content (AvgIpc) is 3.32. The summed E-state index contributed by atoms with van der Waals surface area (Å²) in [6.07, 6.45) is 29.9. The van der Waals surface area contributed by atoms with Gasteiger partial charge in [-0.1, -0.05) is 111 Å². The predicted octanol–water partition coefficient (Wildman–Crippen LogP) is 8.98. The van der Waals surface area contributed by atoms with E-state index in [1.54, 1.807) is 6.08 Å². The summed E-state index contributed by atoms with van der Waals surface area (Å²) in [5.74, 6) is -0.367. The molecule has 1 aromatic rings. The molecule has 40 heavy (non-hydrogen) atoms. The molecule has 0 aromatic heterocycles. The number of rotatable bonds is 19. The van der Waals surface area contributed by atoms with Crippen LogP contribution >= 0.6 is 0 Å². The molecule has 0 saturated carbocycles. The number of benzene rings is 1. The number of carbonyl (C=O) groups is 2. The van der Waals surface area contributed by atoms with E-state index in [4.69, 9.17) is 9.47 Å². The Morgan fingerprint density at radius 2 is 1.48 bits per heavy atom. The number of unbranched alkanes of at least 4 members (excludes halogenated alkanes) is 2. The van der Waals surface area contributed by atoms with Gasteiger partial charge in [-0.25, -0.2) is 9.69 Å². The summed E-state index contributed by atoms with van der Waals surface area (Å²) in [4.78, 5) is 26.9. The zero-order valence-electron chi connectivity index (χ0n) is 24.3. The molecule has 5 nitrogen and oxygen atoms in total. The Morgan fingerprint density at radius 3 is 2.02 bits per heavy atom. The number of hydrogen-bond donors (Lipinski definition) is 0. The summed E-state index contributed by atoms with van der Waals surface area (Å²) >= 11 is 0. The molecule has 216 valence electrons. The minimum absolute atomic E-state index is 0.367. The third-order valence-corrected chi connectivity index (χ3v) is 6.53. The first-order valence-corrected chi connectivity index (χ1v) is 14.7. The van der Waals surface area contributed by atoms with E-state index >= 15 is 0 Å². The van der Waals surface area contributed by atoms with Gasteiger partial charge in [0, 0.05) is 6.61 Å². The monoisotopic (exact) mass is 545 g/mol. The molecule has 1 heterocycles. The number of amides is 2. The van der Waals surface area contributed by atoms with Crippen LogP contribution in [0.2, 0.25) is 0 Å². The van der Waals surface area contributed by atoms with Crippen LogP contribution in [0.15, 0.2) is 104 Å². The lowest BCUT2D eigenvalue weighted by atomic mass is 10.0. The summed E-state index contributed by atoms with van der Waals surface area (Å²) in [7, 11) is 0. The van der Waals surface area contributed by atoms with Crippen molar-refractivity contribution in [2.45, 2.75) is 89.9 Å². The number of carbonyl (C=O) groups excluding carboxylic acids is 2. The topological polar surface area (TPSA) is 55.8 Å². The molecule has 2 amide bonds. The summed E-state index contributed by atoms with van der Waals surface area (Å²) in [5, 5.41) is 0. The lowest BCUT2D eigenvalue weighted by Crippen LogP contribution is -2.45. The van der Waals surface area contributed by atoms with Gasteiger partial charge in [0.1, 0.15) is 12.1 Å². The van der Waals surface area contributed by atoms with E-state index in [-0.39, 0.29) is 5.91 Å². The second-order valence-corrected chi connectivity index (χ2v) is 9.62. The van der Waals surface area contributed by atoms with Gasteiger partial charge in [-0.2, -0.15) is 0 Å². The second kappa shape index (κ2) is 20.5. The van der Waals surface area contributed by atoms with Crippen molar-refractivity contribution in [1.29, 1.82) is 0 Å². The molecule has 0 aliphatic carbocycles. The molecule has 0 N–H and O–H groups in total. The number of imide groups is 1. The van der Waals surface area contributed by atoms with E-state index in [1.807, 2.05) is 37.3 Å². The summed E-state index contributed by atoms with van der Waals surface area (Å²) in [5.41, 5.74) is 0.833. The van der Waals surface area contributed by atoms with Crippen molar-refractivity contribution < 1.29 is 19.1 Å². The number of cyclic esters (lactones) is 1. The van der Waals surface area contributed by atoms with Crippen LogP contribution in [0.3, 0.4) is 0 Å². The van der Waals surface area contributed by atoms with Crippen LogP contribution in [-0.4, -0.2) is 35.7 Å². The number of hydrogen-bond acceptors (Lipinski definition) is 4. The summed E-state index contributed by atoms with van der Waals surface area (Å²) in [6, 6.07) is 8.86. The lowest BCUT2D eigenvalue weighted by molar-refractivity contribution is -0.141. The van der Waals surface area contributed by atoms with Crippen LogP contribution in [-0.2, 0) is 14.3 Å². The molecule has 3 atom stereocenters. The van der Waals surface area contributed by atoms with Crippen LogP contribution < -0.4 is 0 Å². The fourth-order valence-electron chi connectivity index (χ4n) is 4.34. The number of nitrogens with zero attached hydrogens (tertiary/aromatic N) is 1. The highest BCUT2D eigenvalue weighted by atomic mass is 16.6. The highest BCUT2D eigenvalue weighted by molar-refractivity contribution is 5.96. The van der Waals surface area contributed by atoms with E-state index in [1.165, 1.54) is 0 Å². The Morgan fingerprint density at radius 1 is 0.900 bits per heavy atom. The van der Waals surface area contributed by atoms with E-state index in [0.717, 1.165) is 61.8 Å². The molecule has 1 fully saturated rings. The predicted molar refractivity (Wildman–Crippen MR) is 165 cm³/mol. The highest BCUT2D eigenvalue weighted by Crippen LogP contribution is 2.34. The highest BCUT2D eigenvalue weighted by Gasteiger charge is 2.46. The Labute approximate surface area is 241 Å². The van der Waals surface area contributed by atoms with E-state index < -0.39 is 24.3 Å². The first kappa shape index (κ1) is 32.8. The molecule has 5 heteroatoms. The van der Waals surface area contributed by atoms with Crippen molar-refractivity contribution in [2.75, 3.05) is 6.61 Å². The van der Waals surface area contributed by atoms with E-state index in [9.17, 15) is 9.59 Å². The third kappa shape index (κ3) is 11.7. The van der Waals surface area contributed by atoms with Crippen LogP contribution in [0.1, 0.15) is 83.3 Å². The number of ether oxygens (including phenoxy) is 2. The van der Waals surface area contributed by atoms with Gasteiger partial charge in [0.25, 0.3) is 5.91 Å². The largest absolute Gasteiger partial charge is 0.438 e. The Hall–Kier alpha value is -3.44. The molecule has 2 rings (SSSR count). The van der Waals surface area contributed by atoms with Crippen LogP contribution in [0.5, 0.6) is 0 Å². The van der Waals surface area contributed by atoms with E-state index in [0.29, 0.717) is 13.0 Å². The standard InChI is InChI=1S/C35H47NO4/c1-4-7-8-9-10-11-12-13-14-15-16-17-18-19-20-21-22-26-29-39-32(6-3)34(37)36-31(5-2)33(40-35(36)38)30-27-24-23-25-28-30/h5,7-8,10-11,13-14,16-17,19-20,23-25,27-28,31-33H,2,4,6,9,12,15,18,21-22,26,29H2,1,3H3. The zero-order chi connectivity index (χ0) is 28.8. The average molecular weight is 546 g/mol. The smallest absolute Gasteiger partial charge is 0.418 e. The number of allylic oxidation sites excluding steroid dienone is 10. The van der Waals surface area contributed by atoms with Gasteiger partial charge in [-0.15, -0.1) is 6.58 Å². The van der Waals surface area contributed by atoms with Crippen molar-refractivity contribution in [3.8, 4) is 0 Å². The SMILES string of the molecule is C=CC1C(c2ccccc2)OC(=O)N1C(=O)C(CC)OCCCCC=CCC=CCC=CCC=CCC=CCC. The van der Waals surface area contributed by atoms with Gasteiger partial charge < -0.3 is 9.47 Å². The fourth-order valence-corrected chi connectivity index (χ4v) is 4.34. The molecule has 1 aliphatic rings. The molecule has 1 aliphatic heterocycles. The third-order valence-electron chi connectivity index (χ3n) is 6.53. The normalized spacial score (nSPS) is 18.6. The van der Waals surface area contributed by atoms with Gasteiger partial charge in [-0.05, 0) is 63.4 Å². The molecule has 1 saturated heterocycles. The van der Waals surface area contributed by atoms with Gasteiger partial charge >= 0.3 is 6.09 Å². The van der Waals surface area contributed by atoms with Gasteiger partial charge in [0.2, 0.25) is 0 Å². The van der Waals surface area contributed by atoms with Crippen molar-refractivity contribution >= 4 is 12.0 Å². The van der Waals surface area contributed by atoms with Crippen molar-refractivity contribution in [2.24, 2.45) is 0 Å². The summed E-state index contributed by atoms with van der Waals surface area (Å²) < 4.78 is 11.4. The maximum absolute atomic E-state index is 13.2. The lowest BCUT2D eigenvalue weighted by Gasteiger charge is -2.24. The summed E-state index contributed by atoms with van der Waals surface area (Å²) in [6.45, 7) is 8.35. The molecular weight excluding hydrogens is 498 g/mol. The van der Waals surface area contributed by atoms with Crippen molar-refractivity contribution in [3.05, 3.63) is 109 Å². The zero-order valence-corrected chi connectivity index (χ0v) is 24.3. The molecule has 0 radical (unpaired) electrons. The minimum atomic E-state index is -0.682. The first-order chi connectivity index (χ1) is 19.6. The minimum Gasteiger partial charge on any atom is -0.438 e. The van der Waals surface area contributed by atoms with Crippen LogP contribution in [0, 0.1) is 0 Å². The molecule has 3 unspecified atom stereocenters. The second-order valence-electron chi connectivity index (χ2n) is 9.62. The Balaban J connectivity index is 1.61. The maximum Gasteiger partial charge on any atom is 0.418 e. The molecule has 0 bridgehead atoms.